The number of hydrogen-bond acceptors (Lipinski definition) is 4. The first-order valence-corrected chi connectivity index (χ1v) is 11.8. The maximum absolute atomic E-state index is 12.8. The summed E-state index contributed by atoms with van der Waals surface area (Å²) in [7, 11) is 4.19. The summed E-state index contributed by atoms with van der Waals surface area (Å²) in [6.45, 7) is 12.0. The molecular weight excluding hydrogens is 515 g/mol. The average Bonchev–Trinajstić information content (AvgIpc) is 3.31. The van der Waals surface area contributed by atoms with Crippen molar-refractivity contribution in [3.8, 4) is 0 Å². The van der Waals surface area contributed by atoms with Crippen LogP contribution in [0.5, 0.6) is 0 Å². The minimum atomic E-state index is -0.0299. The van der Waals surface area contributed by atoms with E-state index in [1.807, 2.05) is 4.90 Å². The zero-order valence-electron chi connectivity index (χ0n) is 20.2. The molecule has 3 rings (SSSR count). The molecule has 0 bridgehead atoms. The lowest BCUT2D eigenvalue weighted by molar-refractivity contribution is -0.135. The van der Waals surface area contributed by atoms with Crippen LogP contribution in [0.1, 0.15) is 37.8 Å². The lowest BCUT2D eigenvalue weighted by atomic mass is 10.1. The first-order chi connectivity index (χ1) is 15.0. The molecule has 180 valence electrons. The number of hydrogen-bond donors (Lipinski definition) is 1. The fraction of sp³-hybridized carbons (Fsp3) is 0.667. The summed E-state index contributed by atoms with van der Waals surface area (Å²) >= 11 is 0. The van der Waals surface area contributed by atoms with Crippen molar-refractivity contribution >= 4 is 35.8 Å². The third-order valence-electron chi connectivity index (χ3n) is 6.28. The maximum atomic E-state index is 12.8. The van der Waals surface area contributed by atoms with Crippen LogP contribution in [0.4, 0.5) is 0 Å². The number of carbonyl (C=O) groups excluding carboxylic acids is 1. The third kappa shape index (κ3) is 7.31. The molecule has 0 saturated carbocycles. The number of nitrogens with one attached hydrogen (secondary N) is 1. The molecule has 0 radical (unpaired) electrons. The van der Waals surface area contributed by atoms with Crippen molar-refractivity contribution in [2.45, 2.75) is 45.8 Å². The van der Waals surface area contributed by atoms with Gasteiger partial charge in [-0.05, 0) is 51.9 Å². The van der Waals surface area contributed by atoms with Gasteiger partial charge in [0.05, 0.1) is 12.6 Å². The molecule has 7 nitrogen and oxygen atoms in total. The van der Waals surface area contributed by atoms with Gasteiger partial charge in [0.15, 0.2) is 5.96 Å². The lowest BCUT2D eigenvalue weighted by Gasteiger charge is -2.39. The van der Waals surface area contributed by atoms with Crippen molar-refractivity contribution in [2.75, 3.05) is 59.9 Å². The summed E-state index contributed by atoms with van der Waals surface area (Å²) in [5.41, 5.74) is 2.60. The van der Waals surface area contributed by atoms with Gasteiger partial charge in [0.1, 0.15) is 0 Å². The van der Waals surface area contributed by atoms with E-state index in [1.54, 1.807) is 0 Å². The van der Waals surface area contributed by atoms with Crippen molar-refractivity contribution < 1.29 is 4.79 Å². The second-order valence-corrected chi connectivity index (χ2v) is 8.91. The summed E-state index contributed by atoms with van der Waals surface area (Å²) in [5, 5.41) is 3.47. The van der Waals surface area contributed by atoms with E-state index in [9.17, 15) is 4.79 Å². The number of halogens is 1. The summed E-state index contributed by atoms with van der Waals surface area (Å²) in [6, 6.07) is 8.53. The average molecular weight is 557 g/mol. The van der Waals surface area contributed by atoms with E-state index < -0.39 is 0 Å². The van der Waals surface area contributed by atoms with Gasteiger partial charge in [0, 0.05) is 52.4 Å². The SMILES string of the molecule is CCNC(=NCc1ccccc1CN(C)C)N1CCN(C(C)C(=O)N2CCCC2)CC1.I. The molecule has 0 spiro atoms. The van der Waals surface area contributed by atoms with Crippen molar-refractivity contribution in [3.05, 3.63) is 35.4 Å². The number of benzene rings is 1. The zero-order valence-corrected chi connectivity index (χ0v) is 22.5. The van der Waals surface area contributed by atoms with Gasteiger partial charge in [-0.3, -0.25) is 9.69 Å². The van der Waals surface area contributed by atoms with Gasteiger partial charge in [-0.25, -0.2) is 4.99 Å². The third-order valence-corrected chi connectivity index (χ3v) is 6.28. The molecule has 1 amide bonds. The Kier molecular flexibility index (Phi) is 11.2. The van der Waals surface area contributed by atoms with Crippen LogP contribution in [0.3, 0.4) is 0 Å². The highest BCUT2D eigenvalue weighted by Gasteiger charge is 2.30. The molecule has 1 aromatic carbocycles. The number of aliphatic imine (C=N–C) groups is 1. The second-order valence-electron chi connectivity index (χ2n) is 8.91. The number of piperazine rings is 1. The molecule has 2 fully saturated rings. The van der Waals surface area contributed by atoms with Crippen LogP contribution in [-0.4, -0.2) is 97.4 Å². The van der Waals surface area contributed by atoms with Crippen LogP contribution in [0.25, 0.3) is 0 Å². The smallest absolute Gasteiger partial charge is 0.239 e. The van der Waals surface area contributed by atoms with Gasteiger partial charge in [-0.2, -0.15) is 0 Å². The first kappa shape index (κ1) is 26.9. The van der Waals surface area contributed by atoms with Crippen LogP contribution in [0.15, 0.2) is 29.3 Å². The summed E-state index contributed by atoms with van der Waals surface area (Å²) in [6.07, 6.45) is 2.29. The highest BCUT2D eigenvalue weighted by atomic mass is 127. The van der Waals surface area contributed by atoms with Crippen molar-refractivity contribution in [3.63, 3.8) is 0 Å². The number of rotatable bonds is 7. The molecule has 32 heavy (non-hydrogen) atoms. The molecule has 0 aromatic heterocycles. The molecule has 2 aliphatic rings. The maximum Gasteiger partial charge on any atom is 0.239 e. The highest BCUT2D eigenvalue weighted by Crippen LogP contribution is 2.15. The molecule has 1 atom stereocenters. The molecule has 2 saturated heterocycles. The summed E-state index contributed by atoms with van der Waals surface area (Å²) in [4.78, 5) is 26.6. The number of likely N-dealkylation sites (tertiary alicyclic amines) is 1. The number of guanidine groups is 1. The monoisotopic (exact) mass is 556 g/mol. The van der Waals surface area contributed by atoms with Crippen LogP contribution in [0, 0.1) is 0 Å². The molecule has 1 N–H and O–H groups in total. The molecule has 1 aromatic rings. The van der Waals surface area contributed by atoms with Crippen molar-refractivity contribution in [1.82, 2.24) is 24.9 Å². The van der Waals surface area contributed by atoms with E-state index >= 15 is 0 Å². The highest BCUT2D eigenvalue weighted by molar-refractivity contribution is 14.0. The number of nitrogens with zero attached hydrogens (tertiary/aromatic N) is 5. The van der Waals surface area contributed by atoms with Gasteiger partial charge in [0.2, 0.25) is 5.91 Å². The van der Waals surface area contributed by atoms with Crippen molar-refractivity contribution in [1.29, 1.82) is 0 Å². The van der Waals surface area contributed by atoms with Gasteiger partial charge < -0.3 is 20.0 Å². The van der Waals surface area contributed by atoms with E-state index in [2.05, 4.69) is 72.2 Å². The van der Waals surface area contributed by atoms with E-state index in [0.717, 1.165) is 71.2 Å². The van der Waals surface area contributed by atoms with Crippen LogP contribution in [0.2, 0.25) is 0 Å². The Bertz CT molecular complexity index is 742. The zero-order chi connectivity index (χ0) is 22.2. The Morgan fingerprint density at radius 1 is 1.03 bits per heavy atom. The predicted octanol–water partition coefficient (Wildman–Crippen LogP) is 2.46. The van der Waals surface area contributed by atoms with Crippen LogP contribution < -0.4 is 5.32 Å². The standard InChI is InChI=1S/C24H40N6O.HI/c1-5-25-24(26-18-21-10-6-7-11-22(21)19-27(3)4)30-16-14-28(15-17-30)20(2)23(31)29-12-8-9-13-29;/h6-7,10-11,20H,5,8-9,12-19H2,1-4H3,(H,25,26);1H. The van der Waals surface area contributed by atoms with Gasteiger partial charge in [0.25, 0.3) is 0 Å². The minimum absolute atomic E-state index is 0. The quantitative estimate of drug-likeness (QED) is 0.318. The lowest BCUT2D eigenvalue weighted by Crippen LogP contribution is -2.57. The number of carbonyl (C=O) groups is 1. The Labute approximate surface area is 211 Å². The fourth-order valence-electron chi connectivity index (χ4n) is 4.47. The van der Waals surface area contributed by atoms with E-state index in [4.69, 9.17) is 4.99 Å². The topological polar surface area (TPSA) is 54.4 Å². The molecule has 1 unspecified atom stereocenters. The largest absolute Gasteiger partial charge is 0.357 e. The number of amides is 1. The molecule has 2 aliphatic heterocycles. The van der Waals surface area contributed by atoms with E-state index in [0.29, 0.717) is 12.5 Å². The summed E-state index contributed by atoms with van der Waals surface area (Å²) in [5.74, 6) is 1.27. The molecule has 2 heterocycles. The Balaban J connectivity index is 0.00000363. The van der Waals surface area contributed by atoms with Crippen molar-refractivity contribution in [2.24, 2.45) is 4.99 Å². The van der Waals surface area contributed by atoms with Gasteiger partial charge in [-0.1, -0.05) is 24.3 Å². The second kappa shape index (κ2) is 13.3. The Morgan fingerprint density at radius 2 is 1.66 bits per heavy atom. The van der Waals surface area contributed by atoms with E-state index in [-0.39, 0.29) is 30.0 Å². The Hall–Kier alpha value is -1.39. The molecule has 0 aliphatic carbocycles. The van der Waals surface area contributed by atoms with Gasteiger partial charge in [-0.15, -0.1) is 24.0 Å². The predicted molar refractivity (Wildman–Crippen MR) is 142 cm³/mol. The molecular formula is C24H41IN6O. The molecule has 8 heteroatoms. The summed E-state index contributed by atoms with van der Waals surface area (Å²) < 4.78 is 0. The minimum Gasteiger partial charge on any atom is -0.357 e. The van der Waals surface area contributed by atoms with E-state index in [1.165, 1.54) is 11.1 Å². The Morgan fingerprint density at radius 3 is 2.25 bits per heavy atom. The van der Waals surface area contributed by atoms with Crippen LogP contribution in [-0.2, 0) is 17.9 Å². The van der Waals surface area contributed by atoms with Gasteiger partial charge >= 0.3 is 0 Å². The normalized spacial score (nSPS) is 18.6. The van der Waals surface area contributed by atoms with Crippen LogP contribution >= 0.6 is 24.0 Å². The fourth-order valence-corrected chi connectivity index (χ4v) is 4.47. The first-order valence-electron chi connectivity index (χ1n) is 11.8.